The van der Waals surface area contributed by atoms with E-state index in [2.05, 4.69) is 15.9 Å². The molecule has 0 saturated carbocycles. The molecule has 7 heteroatoms. The van der Waals surface area contributed by atoms with Crippen molar-refractivity contribution in [2.24, 2.45) is 0 Å². The van der Waals surface area contributed by atoms with Crippen LogP contribution in [0.4, 0.5) is 0 Å². The molecule has 0 fully saturated rings. The SMILES string of the molecule is COc1ccc(C(=O)c2ccccc2-n2cc(O)c3c(Cl)c(Br)ccc32)c(OC)c1. The Morgan fingerprint density at radius 1 is 1.03 bits per heavy atom. The highest BCUT2D eigenvalue weighted by atomic mass is 79.9. The summed E-state index contributed by atoms with van der Waals surface area (Å²) in [5.74, 6) is 0.829. The number of hydrogen-bond acceptors (Lipinski definition) is 4. The number of halogens is 2. The van der Waals surface area contributed by atoms with E-state index >= 15 is 0 Å². The number of rotatable bonds is 5. The van der Waals surface area contributed by atoms with Gasteiger partial charge in [-0.3, -0.25) is 4.79 Å². The highest BCUT2D eigenvalue weighted by Gasteiger charge is 2.21. The molecule has 152 valence electrons. The Labute approximate surface area is 186 Å². The molecule has 0 unspecified atom stereocenters. The van der Waals surface area contributed by atoms with Gasteiger partial charge in [-0.1, -0.05) is 23.7 Å². The number of ether oxygens (including phenoxy) is 2. The minimum atomic E-state index is -0.213. The van der Waals surface area contributed by atoms with Gasteiger partial charge in [0.15, 0.2) is 5.78 Å². The maximum absolute atomic E-state index is 13.5. The van der Waals surface area contributed by atoms with Gasteiger partial charge >= 0.3 is 0 Å². The number of carbonyl (C=O) groups excluding carboxylic acids is 1. The van der Waals surface area contributed by atoms with Gasteiger partial charge in [0.05, 0.1) is 47.6 Å². The number of carbonyl (C=O) groups is 1. The van der Waals surface area contributed by atoms with Crippen LogP contribution in [-0.2, 0) is 0 Å². The first-order chi connectivity index (χ1) is 14.5. The van der Waals surface area contributed by atoms with E-state index < -0.39 is 0 Å². The first-order valence-corrected chi connectivity index (χ1v) is 10.2. The number of fused-ring (bicyclic) bond motifs is 1. The average Bonchev–Trinajstić information content (AvgIpc) is 3.12. The lowest BCUT2D eigenvalue weighted by Crippen LogP contribution is -2.08. The van der Waals surface area contributed by atoms with E-state index in [4.69, 9.17) is 21.1 Å². The summed E-state index contributed by atoms with van der Waals surface area (Å²) in [5.41, 5.74) is 2.16. The van der Waals surface area contributed by atoms with Crippen LogP contribution in [0.1, 0.15) is 15.9 Å². The maximum Gasteiger partial charge on any atom is 0.198 e. The second-order valence-electron chi connectivity index (χ2n) is 6.55. The van der Waals surface area contributed by atoms with E-state index in [1.165, 1.54) is 7.11 Å². The Morgan fingerprint density at radius 3 is 2.53 bits per heavy atom. The van der Waals surface area contributed by atoms with Crippen molar-refractivity contribution in [1.82, 2.24) is 4.57 Å². The van der Waals surface area contributed by atoms with Crippen molar-refractivity contribution in [3.05, 3.63) is 81.4 Å². The number of methoxy groups -OCH3 is 2. The number of benzene rings is 3. The van der Waals surface area contributed by atoms with E-state index in [0.29, 0.717) is 48.7 Å². The number of aromatic nitrogens is 1. The van der Waals surface area contributed by atoms with Crippen LogP contribution in [0.25, 0.3) is 16.6 Å². The monoisotopic (exact) mass is 485 g/mol. The molecule has 0 atom stereocenters. The molecule has 1 N–H and O–H groups in total. The fourth-order valence-corrected chi connectivity index (χ4v) is 4.03. The van der Waals surface area contributed by atoms with E-state index in [1.807, 2.05) is 18.2 Å². The molecular formula is C23H17BrClNO4. The van der Waals surface area contributed by atoms with E-state index in [-0.39, 0.29) is 11.5 Å². The van der Waals surface area contributed by atoms with E-state index in [0.717, 1.165) is 0 Å². The third-order valence-electron chi connectivity index (χ3n) is 4.90. The van der Waals surface area contributed by atoms with Crippen molar-refractivity contribution < 1.29 is 19.4 Å². The van der Waals surface area contributed by atoms with Gasteiger partial charge < -0.3 is 19.1 Å². The minimum absolute atomic E-state index is 0.0283. The first kappa shape index (κ1) is 20.3. The lowest BCUT2D eigenvalue weighted by molar-refractivity contribution is 0.103. The van der Waals surface area contributed by atoms with Crippen LogP contribution in [0.5, 0.6) is 17.2 Å². The van der Waals surface area contributed by atoms with Gasteiger partial charge in [-0.15, -0.1) is 0 Å². The van der Waals surface area contributed by atoms with Crippen molar-refractivity contribution in [3.8, 4) is 22.9 Å². The molecule has 1 aromatic heterocycles. The summed E-state index contributed by atoms with van der Waals surface area (Å²) in [5, 5.41) is 11.4. The van der Waals surface area contributed by atoms with Crippen molar-refractivity contribution in [2.45, 2.75) is 0 Å². The Hall–Kier alpha value is -2.96. The first-order valence-electron chi connectivity index (χ1n) is 9.00. The molecule has 0 bridgehead atoms. The van der Waals surface area contributed by atoms with Crippen LogP contribution < -0.4 is 9.47 Å². The zero-order valence-electron chi connectivity index (χ0n) is 16.1. The molecule has 0 amide bonds. The molecule has 30 heavy (non-hydrogen) atoms. The van der Waals surface area contributed by atoms with Crippen LogP contribution in [0.15, 0.2) is 65.3 Å². The summed E-state index contributed by atoms with van der Waals surface area (Å²) >= 11 is 9.76. The molecule has 3 aromatic carbocycles. The Morgan fingerprint density at radius 2 is 1.80 bits per heavy atom. The maximum atomic E-state index is 13.5. The third kappa shape index (κ3) is 3.32. The summed E-state index contributed by atoms with van der Waals surface area (Å²) in [7, 11) is 3.06. The lowest BCUT2D eigenvalue weighted by Gasteiger charge is -2.14. The second-order valence-corrected chi connectivity index (χ2v) is 7.78. The predicted molar refractivity (Wildman–Crippen MR) is 121 cm³/mol. The highest BCUT2D eigenvalue weighted by Crippen LogP contribution is 2.39. The second kappa shape index (κ2) is 8.05. The summed E-state index contributed by atoms with van der Waals surface area (Å²) < 4.78 is 13.1. The molecule has 0 spiro atoms. The van der Waals surface area contributed by atoms with Gasteiger partial charge in [0.25, 0.3) is 0 Å². The Kier molecular flexibility index (Phi) is 5.45. The van der Waals surface area contributed by atoms with E-state index in [9.17, 15) is 9.90 Å². The normalized spacial score (nSPS) is 10.9. The molecule has 0 saturated heterocycles. The van der Waals surface area contributed by atoms with Crippen LogP contribution in [0.3, 0.4) is 0 Å². The van der Waals surface area contributed by atoms with Crippen molar-refractivity contribution in [3.63, 3.8) is 0 Å². The zero-order chi connectivity index (χ0) is 21.4. The third-order valence-corrected chi connectivity index (χ3v) is 6.18. The van der Waals surface area contributed by atoms with E-state index in [1.54, 1.807) is 54.3 Å². The van der Waals surface area contributed by atoms with Crippen molar-refractivity contribution >= 4 is 44.2 Å². The predicted octanol–water partition coefficient (Wildman–Crippen LogP) is 6.00. The standard InChI is InChI=1S/C23H17BrClNO4/c1-29-13-7-8-15(20(11-13)30-2)23(28)14-5-3-4-6-17(14)26-12-19(27)21-18(26)10-9-16(24)22(21)25/h3-12,27H,1-2H3. The number of para-hydroxylation sites is 1. The van der Waals surface area contributed by atoms with Gasteiger partial charge in [0, 0.05) is 16.1 Å². The molecule has 1 heterocycles. The van der Waals surface area contributed by atoms with Crippen LogP contribution in [-0.4, -0.2) is 29.7 Å². The smallest absolute Gasteiger partial charge is 0.198 e. The topological polar surface area (TPSA) is 60.7 Å². The van der Waals surface area contributed by atoms with Gasteiger partial charge in [0.1, 0.15) is 17.2 Å². The number of hydrogen-bond donors (Lipinski definition) is 1. The number of ketones is 1. The summed E-state index contributed by atoms with van der Waals surface area (Å²) in [6.07, 6.45) is 1.56. The quantitative estimate of drug-likeness (QED) is 0.352. The fraction of sp³-hybridized carbons (Fsp3) is 0.0870. The molecule has 4 rings (SSSR count). The number of nitrogens with zero attached hydrogens (tertiary/aromatic N) is 1. The molecule has 0 aliphatic rings. The van der Waals surface area contributed by atoms with Gasteiger partial charge in [0.2, 0.25) is 0 Å². The van der Waals surface area contributed by atoms with Crippen LogP contribution in [0, 0.1) is 0 Å². The summed E-state index contributed by atoms with van der Waals surface area (Å²) in [4.78, 5) is 13.5. The Bertz CT molecular complexity index is 1280. The molecular weight excluding hydrogens is 470 g/mol. The molecule has 0 aliphatic carbocycles. The van der Waals surface area contributed by atoms with Crippen molar-refractivity contribution in [1.29, 1.82) is 0 Å². The molecule has 0 radical (unpaired) electrons. The number of aromatic hydroxyl groups is 1. The van der Waals surface area contributed by atoms with Crippen LogP contribution >= 0.6 is 27.5 Å². The molecule has 4 aromatic rings. The van der Waals surface area contributed by atoms with Gasteiger partial charge in [-0.05, 0) is 52.3 Å². The Balaban J connectivity index is 1.91. The van der Waals surface area contributed by atoms with Crippen molar-refractivity contribution in [2.75, 3.05) is 14.2 Å². The van der Waals surface area contributed by atoms with Crippen LogP contribution in [0.2, 0.25) is 5.02 Å². The minimum Gasteiger partial charge on any atom is -0.506 e. The zero-order valence-corrected chi connectivity index (χ0v) is 18.5. The fourth-order valence-electron chi connectivity index (χ4n) is 3.45. The average molecular weight is 487 g/mol. The highest BCUT2D eigenvalue weighted by molar-refractivity contribution is 9.10. The molecule has 5 nitrogen and oxygen atoms in total. The van der Waals surface area contributed by atoms with Gasteiger partial charge in [-0.25, -0.2) is 0 Å². The lowest BCUT2D eigenvalue weighted by atomic mass is 10.0. The largest absolute Gasteiger partial charge is 0.506 e. The summed E-state index contributed by atoms with van der Waals surface area (Å²) in [6, 6.07) is 15.9. The summed E-state index contributed by atoms with van der Waals surface area (Å²) in [6.45, 7) is 0. The molecule has 0 aliphatic heterocycles. The van der Waals surface area contributed by atoms with Gasteiger partial charge in [-0.2, -0.15) is 0 Å².